The highest BCUT2D eigenvalue weighted by molar-refractivity contribution is 5.66. The van der Waals surface area contributed by atoms with Gasteiger partial charge in [0.2, 0.25) is 0 Å². The third-order valence-electron chi connectivity index (χ3n) is 8.80. The summed E-state index contributed by atoms with van der Waals surface area (Å²) in [6.45, 7) is 6.65. The highest BCUT2D eigenvalue weighted by atomic mass is 16.5. The maximum absolute atomic E-state index is 11.5. The Hall–Kier alpha value is -0.530. The Morgan fingerprint density at radius 2 is 1.65 bits per heavy atom. The van der Waals surface area contributed by atoms with Crippen LogP contribution >= 0.6 is 0 Å². The minimum atomic E-state index is -0.0815. The van der Waals surface area contributed by atoms with Crippen molar-refractivity contribution in [1.82, 2.24) is 0 Å². The van der Waals surface area contributed by atoms with Gasteiger partial charge in [-0.2, -0.15) is 0 Å². The van der Waals surface area contributed by atoms with E-state index < -0.39 is 0 Å². The van der Waals surface area contributed by atoms with Crippen LogP contribution in [-0.2, 0) is 9.53 Å². The molecule has 4 rings (SSSR count). The van der Waals surface area contributed by atoms with Crippen molar-refractivity contribution in [2.75, 3.05) is 0 Å². The maximum Gasteiger partial charge on any atom is 0.302 e. The van der Waals surface area contributed by atoms with Crippen molar-refractivity contribution in [3.8, 4) is 0 Å². The Morgan fingerprint density at radius 1 is 0.870 bits per heavy atom. The van der Waals surface area contributed by atoms with Crippen LogP contribution in [0.25, 0.3) is 0 Å². The highest BCUT2D eigenvalue weighted by Crippen LogP contribution is 2.66. The van der Waals surface area contributed by atoms with Crippen LogP contribution in [0.4, 0.5) is 0 Å². The summed E-state index contributed by atoms with van der Waals surface area (Å²) >= 11 is 0. The van der Waals surface area contributed by atoms with E-state index in [1.165, 1.54) is 57.8 Å². The van der Waals surface area contributed by atoms with Gasteiger partial charge < -0.3 is 4.74 Å². The van der Waals surface area contributed by atoms with E-state index in [9.17, 15) is 4.79 Å². The molecule has 0 aliphatic heterocycles. The molecule has 4 fully saturated rings. The summed E-state index contributed by atoms with van der Waals surface area (Å²) in [4.78, 5) is 11.5. The first-order valence-corrected chi connectivity index (χ1v) is 10.1. The van der Waals surface area contributed by atoms with Crippen LogP contribution in [0.5, 0.6) is 0 Å². The van der Waals surface area contributed by atoms with Crippen molar-refractivity contribution in [3.63, 3.8) is 0 Å². The van der Waals surface area contributed by atoms with Crippen LogP contribution in [0.3, 0.4) is 0 Å². The molecule has 4 aliphatic carbocycles. The third kappa shape index (κ3) is 2.30. The number of ether oxygens (including phenoxy) is 1. The third-order valence-corrected chi connectivity index (χ3v) is 8.80. The van der Waals surface area contributed by atoms with E-state index in [0.717, 1.165) is 30.1 Å². The first-order valence-electron chi connectivity index (χ1n) is 10.1. The van der Waals surface area contributed by atoms with Crippen molar-refractivity contribution in [2.45, 2.75) is 91.1 Å². The normalized spacial score (nSPS) is 52.2. The second-order valence-electron chi connectivity index (χ2n) is 9.62. The van der Waals surface area contributed by atoms with E-state index in [-0.39, 0.29) is 17.5 Å². The number of hydrogen-bond acceptors (Lipinski definition) is 2. The molecular weight excluding hydrogens is 284 g/mol. The second-order valence-corrected chi connectivity index (χ2v) is 9.62. The number of carbonyl (C=O) groups is 1. The van der Waals surface area contributed by atoms with Gasteiger partial charge in [0, 0.05) is 12.3 Å². The van der Waals surface area contributed by atoms with Crippen molar-refractivity contribution >= 4 is 5.97 Å². The van der Waals surface area contributed by atoms with Crippen molar-refractivity contribution in [1.29, 1.82) is 0 Å². The molecule has 0 saturated heterocycles. The van der Waals surface area contributed by atoms with Crippen molar-refractivity contribution < 1.29 is 9.53 Å². The molecule has 0 heterocycles. The molecule has 0 amide bonds. The van der Waals surface area contributed by atoms with Gasteiger partial charge in [-0.05, 0) is 80.5 Å². The number of rotatable bonds is 1. The van der Waals surface area contributed by atoms with Gasteiger partial charge in [0.15, 0.2) is 0 Å². The summed E-state index contributed by atoms with van der Waals surface area (Å²) in [5.41, 5.74) is 0.868. The standard InChI is InChI=1S/C21H34O2/c1-14(22)23-19-10-9-17-16-8-7-15-6-4-5-12-20(15,2)18(16)11-13-21(17,19)3/h15-19H,4-13H2,1-3H3/t15-,16+,17-,18+,19-,20+,21+/m1/s1. The highest BCUT2D eigenvalue weighted by Gasteiger charge is 2.60. The van der Waals surface area contributed by atoms with Gasteiger partial charge in [-0.1, -0.05) is 26.7 Å². The van der Waals surface area contributed by atoms with E-state index in [4.69, 9.17) is 4.74 Å². The van der Waals surface area contributed by atoms with E-state index >= 15 is 0 Å². The monoisotopic (exact) mass is 318 g/mol. The Balaban J connectivity index is 1.59. The van der Waals surface area contributed by atoms with Crippen LogP contribution in [0.2, 0.25) is 0 Å². The first-order chi connectivity index (χ1) is 10.9. The minimum Gasteiger partial charge on any atom is -0.462 e. The molecule has 7 atom stereocenters. The van der Waals surface area contributed by atoms with Gasteiger partial charge >= 0.3 is 5.97 Å². The lowest BCUT2D eigenvalue weighted by Gasteiger charge is -2.60. The molecule has 0 aromatic rings. The van der Waals surface area contributed by atoms with Gasteiger partial charge in [0.05, 0.1) is 0 Å². The molecule has 0 N–H and O–H groups in total. The largest absolute Gasteiger partial charge is 0.462 e. The fourth-order valence-corrected chi connectivity index (χ4v) is 7.64. The van der Waals surface area contributed by atoms with Crippen LogP contribution in [-0.4, -0.2) is 12.1 Å². The van der Waals surface area contributed by atoms with Gasteiger partial charge in [-0.15, -0.1) is 0 Å². The fraction of sp³-hybridized carbons (Fsp3) is 0.952. The van der Waals surface area contributed by atoms with Crippen LogP contribution < -0.4 is 0 Å². The molecule has 0 spiro atoms. The van der Waals surface area contributed by atoms with E-state index in [2.05, 4.69) is 13.8 Å². The molecule has 0 bridgehead atoms. The lowest BCUT2D eigenvalue weighted by Crippen LogP contribution is -2.53. The lowest BCUT2D eigenvalue weighted by molar-refractivity contribution is -0.161. The zero-order chi connectivity index (χ0) is 16.2. The topological polar surface area (TPSA) is 26.3 Å². The Kier molecular flexibility index (Phi) is 3.81. The number of hydrogen-bond donors (Lipinski definition) is 0. The smallest absolute Gasteiger partial charge is 0.302 e. The average molecular weight is 319 g/mol. The molecule has 23 heavy (non-hydrogen) atoms. The second kappa shape index (κ2) is 5.49. The molecule has 0 radical (unpaired) electrons. The summed E-state index contributed by atoms with van der Waals surface area (Å²) in [6.07, 6.45) is 14.0. The van der Waals surface area contributed by atoms with E-state index in [0.29, 0.717) is 5.41 Å². The zero-order valence-corrected chi connectivity index (χ0v) is 15.3. The molecule has 4 saturated carbocycles. The maximum atomic E-state index is 11.5. The zero-order valence-electron chi connectivity index (χ0n) is 15.3. The number of carbonyl (C=O) groups excluding carboxylic acids is 1. The molecule has 0 aromatic carbocycles. The van der Waals surface area contributed by atoms with Crippen LogP contribution in [0.15, 0.2) is 0 Å². The van der Waals surface area contributed by atoms with Gasteiger partial charge in [0.25, 0.3) is 0 Å². The van der Waals surface area contributed by atoms with Crippen molar-refractivity contribution in [2.24, 2.45) is 34.5 Å². The fourth-order valence-electron chi connectivity index (χ4n) is 7.64. The SMILES string of the molecule is CC(=O)O[C@@H]1CC[C@@H]2[C@@H]3CC[C@H]4CCCC[C@]4(C)[C@H]3CC[C@@]21C. The molecule has 0 aromatic heterocycles. The Bertz CT molecular complexity index is 486. The van der Waals surface area contributed by atoms with Gasteiger partial charge in [-0.25, -0.2) is 0 Å². The average Bonchev–Trinajstić information content (AvgIpc) is 2.83. The summed E-state index contributed by atoms with van der Waals surface area (Å²) in [7, 11) is 0. The van der Waals surface area contributed by atoms with E-state index in [1.54, 1.807) is 6.92 Å². The van der Waals surface area contributed by atoms with Gasteiger partial charge in [-0.3, -0.25) is 4.79 Å². The molecular formula is C21H34O2. The molecule has 130 valence electrons. The number of fused-ring (bicyclic) bond motifs is 5. The van der Waals surface area contributed by atoms with E-state index in [1.807, 2.05) is 0 Å². The summed E-state index contributed by atoms with van der Waals surface area (Å²) in [5, 5.41) is 0. The quantitative estimate of drug-likeness (QED) is 0.609. The minimum absolute atomic E-state index is 0.0815. The predicted octanol–water partition coefficient (Wildman–Crippen LogP) is 5.35. The van der Waals surface area contributed by atoms with Gasteiger partial charge in [0.1, 0.15) is 6.10 Å². The summed E-state index contributed by atoms with van der Waals surface area (Å²) in [6, 6.07) is 0. The number of esters is 1. The molecule has 2 heteroatoms. The van der Waals surface area contributed by atoms with Crippen molar-refractivity contribution in [3.05, 3.63) is 0 Å². The Labute approximate surface area is 141 Å². The summed E-state index contributed by atoms with van der Waals surface area (Å²) < 4.78 is 5.76. The molecule has 2 nitrogen and oxygen atoms in total. The van der Waals surface area contributed by atoms with Crippen LogP contribution in [0, 0.1) is 34.5 Å². The molecule has 4 aliphatic rings. The Morgan fingerprint density at radius 3 is 2.43 bits per heavy atom. The molecule has 0 unspecified atom stereocenters. The van der Waals surface area contributed by atoms with Crippen LogP contribution in [0.1, 0.15) is 85.0 Å². The summed E-state index contributed by atoms with van der Waals surface area (Å²) in [5.74, 6) is 3.55. The predicted molar refractivity (Wildman–Crippen MR) is 91.9 cm³/mol. The lowest BCUT2D eigenvalue weighted by atomic mass is 9.45. The first kappa shape index (κ1) is 16.0.